The fourth-order valence-electron chi connectivity index (χ4n) is 5.79. The molecule has 4 aromatic rings. The molecule has 8 heteroatoms. The van der Waals surface area contributed by atoms with Gasteiger partial charge in [0.15, 0.2) is 0 Å². The lowest BCUT2D eigenvalue weighted by molar-refractivity contribution is -0.677. The molecule has 7 nitrogen and oxygen atoms in total. The van der Waals surface area contributed by atoms with Crippen molar-refractivity contribution >= 4 is 16.0 Å². The maximum atomic E-state index is 13.1. The van der Waals surface area contributed by atoms with E-state index in [0.29, 0.717) is 6.04 Å². The Hall–Kier alpha value is -3.75. The molecule has 0 aliphatic heterocycles. The predicted octanol–water partition coefficient (Wildman–Crippen LogP) is 4.33. The van der Waals surface area contributed by atoms with E-state index in [-0.39, 0.29) is 16.7 Å². The van der Waals surface area contributed by atoms with E-state index in [1.54, 1.807) is 12.1 Å². The predicted molar refractivity (Wildman–Crippen MR) is 149 cm³/mol. The van der Waals surface area contributed by atoms with Crippen LogP contribution in [-0.4, -0.2) is 23.4 Å². The van der Waals surface area contributed by atoms with Crippen LogP contribution in [0, 0.1) is 19.8 Å². The van der Waals surface area contributed by atoms with Gasteiger partial charge in [-0.25, -0.2) is 17.6 Å². The first kappa shape index (κ1) is 28.3. The van der Waals surface area contributed by atoms with Gasteiger partial charge < -0.3 is 10.3 Å². The lowest BCUT2D eigenvalue weighted by atomic mass is 9.64. The summed E-state index contributed by atoms with van der Waals surface area (Å²) in [7, 11) is -2.20. The largest absolute Gasteiger partial charge is 0.744 e. The van der Waals surface area contributed by atoms with E-state index < -0.39 is 15.5 Å². The number of aryl methyl sites for hydroxylation is 2. The van der Waals surface area contributed by atoms with Gasteiger partial charge in [-0.05, 0) is 55.4 Å². The Kier molecular flexibility index (Phi) is 8.37. The van der Waals surface area contributed by atoms with Crippen LogP contribution in [-0.2, 0) is 27.4 Å². The summed E-state index contributed by atoms with van der Waals surface area (Å²) in [4.78, 5) is 13.0. The summed E-state index contributed by atoms with van der Waals surface area (Å²) >= 11 is 0. The first-order valence-corrected chi connectivity index (χ1v) is 14.4. The second-order valence-corrected chi connectivity index (χ2v) is 11.6. The molecule has 1 saturated carbocycles. The maximum Gasteiger partial charge on any atom is 0.253 e. The molecule has 1 aromatic heterocycles. The van der Waals surface area contributed by atoms with Crippen molar-refractivity contribution in [2.75, 3.05) is 0 Å². The number of nitrogens with two attached hydrogens (primary N) is 1. The van der Waals surface area contributed by atoms with Gasteiger partial charge in [0, 0.05) is 6.92 Å². The number of carbonyl (C=O) groups excluding carboxylic acids is 1. The summed E-state index contributed by atoms with van der Waals surface area (Å²) in [6, 6.07) is 26.3. The molecule has 1 aliphatic carbocycles. The second kappa shape index (κ2) is 11.6. The number of hydrogen-bond donors (Lipinski definition) is 1. The number of nitrogens with zero attached hydrogens (tertiary/aromatic N) is 2. The summed E-state index contributed by atoms with van der Waals surface area (Å²) < 4.78 is 35.7. The standard InChI is InChI=1S/C24H27N3O.C7H8O3S/c1-18-26(2)15-16-27(18)22-14-13-21(17-22)24(23(25)28,19-9-5-3-6-10-19)20-11-7-4-8-12-20;1-6-2-4-7(5-3-6)11(8,9)10/h3-12,15-16,21-22H,13-14,17H2,1-2H3,(H-,25,28);2-5H,1H3,(H,8,9,10)/t21-,22+;/m0./s1. The van der Waals surface area contributed by atoms with Gasteiger partial charge in [-0.2, -0.15) is 0 Å². The molecule has 204 valence electrons. The molecule has 39 heavy (non-hydrogen) atoms. The Balaban J connectivity index is 0.000000270. The zero-order chi connectivity index (χ0) is 28.2. The number of amides is 1. The molecule has 1 amide bonds. The molecule has 0 bridgehead atoms. The number of hydrogen-bond acceptors (Lipinski definition) is 4. The molecular formula is C31H35N3O4S. The first-order chi connectivity index (χ1) is 18.5. The van der Waals surface area contributed by atoms with Gasteiger partial charge in [-0.1, -0.05) is 78.4 Å². The number of rotatable bonds is 6. The second-order valence-electron chi connectivity index (χ2n) is 10.2. The quantitative estimate of drug-likeness (QED) is 0.287. The Labute approximate surface area is 230 Å². The molecule has 1 heterocycles. The number of benzene rings is 3. The third kappa shape index (κ3) is 5.82. The van der Waals surface area contributed by atoms with Crippen LogP contribution in [0.3, 0.4) is 0 Å². The minimum atomic E-state index is -4.27. The lowest BCUT2D eigenvalue weighted by Crippen LogP contribution is -2.47. The van der Waals surface area contributed by atoms with Gasteiger partial charge in [-0.15, -0.1) is 0 Å². The topological polar surface area (TPSA) is 109 Å². The Bertz CT molecular complexity index is 1480. The van der Waals surface area contributed by atoms with E-state index in [9.17, 15) is 17.8 Å². The van der Waals surface area contributed by atoms with Crippen molar-refractivity contribution < 1.29 is 22.3 Å². The Morgan fingerprint density at radius 3 is 1.90 bits per heavy atom. The van der Waals surface area contributed by atoms with Gasteiger partial charge in [-0.3, -0.25) is 4.79 Å². The summed E-state index contributed by atoms with van der Waals surface area (Å²) in [5.41, 5.74) is 8.30. The minimum Gasteiger partial charge on any atom is -0.744 e. The fraction of sp³-hybridized carbons (Fsp3) is 0.290. The highest BCUT2D eigenvalue weighted by Gasteiger charge is 2.51. The highest BCUT2D eigenvalue weighted by atomic mass is 32.2. The van der Waals surface area contributed by atoms with Crippen molar-refractivity contribution in [3.8, 4) is 0 Å². The molecule has 5 rings (SSSR count). The molecule has 2 N–H and O–H groups in total. The molecule has 1 aliphatic rings. The number of aromatic nitrogens is 2. The molecular weight excluding hydrogens is 510 g/mol. The van der Waals surface area contributed by atoms with Crippen LogP contribution in [0.25, 0.3) is 0 Å². The zero-order valence-corrected chi connectivity index (χ0v) is 23.3. The molecule has 2 atom stereocenters. The Morgan fingerprint density at radius 2 is 1.46 bits per heavy atom. The van der Waals surface area contributed by atoms with E-state index in [1.807, 2.05) is 67.6 Å². The van der Waals surface area contributed by atoms with Gasteiger partial charge >= 0.3 is 0 Å². The van der Waals surface area contributed by atoms with E-state index in [0.717, 1.165) is 36.0 Å². The van der Waals surface area contributed by atoms with Crippen LogP contribution in [0.1, 0.15) is 47.8 Å². The van der Waals surface area contributed by atoms with Crippen LogP contribution in [0.5, 0.6) is 0 Å². The summed E-state index contributed by atoms with van der Waals surface area (Å²) in [6.45, 7) is 3.96. The van der Waals surface area contributed by atoms with Gasteiger partial charge in [0.25, 0.3) is 5.82 Å². The van der Waals surface area contributed by atoms with Crippen molar-refractivity contribution in [2.24, 2.45) is 18.7 Å². The van der Waals surface area contributed by atoms with Crippen molar-refractivity contribution in [1.82, 2.24) is 4.57 Å². The summed E-state index contributed by atoms with van der Waals surface area (Å²) in [5.74, 6) is 1.13. The highest BCUT2D eigenvalue weighted by Crippen LogP contribution is 2.49. The van der Waals surface area contributed by atoms with Gasteiger partial charge in [0.05, 0.1) is 11.9 Å². The van der Waals surface area contributed by atoms with Gasteiger partial charge in [0.1, 0.15) is 34.0 Å². The zero-order valence-electron chi connectivity index (χ0n) is 22.5. The third-order valence-electron chi connectivity index (χ3n) is 7.90. The van der Waals surface area contributed by atoms with Crippen molar-refractivity contribution in [3.63, 3.8) is 0 Å². The molecule has 0 unspecified atom stereocenters. The molecule has 3 aromatic carbocycles. The maximum absolute atomic E-state index is 13.1. The molecule has 0 spiro atoms. The number of primary amides is 1. The molecule has 0 saturated heterocycles. The van der Waals surface area contributed by atoms with Crippen molar-refractivity contribution in [2.45, 2.75) is 49.5 Å². The lowest BCUT2D eigenvalue weighted by Gasteiger charge is -2.37. The van der Waals surface area contributed by atoms with Crippen molar-refractivity contribution in [1.29, 1.82) is 0 Å². The van der Waals surface area contributed by atoms with Crippen LogP contribution in [0.15, 0.2) is 102 Å². The monoisotopic (exact) mass is 545 g/mol. The van der Waals surface area contributed by atoms with Crippen LogP contribution in [0.4, 0.5) is 0 Å². The fourth-order valence-corrected chi connectivity index (χ4v) is 6.26. The smallest absolute Gasteiger partial charge is 0.253 e. The third-order valence-corrected chi connectivity index (χ3v) is 8.75. The van der Waals surface area contributed by atoms with Crippen LogP contribution in [0.2, 0.25) is 0 Å². The van der Waals surface area contributed by atoms with Crippen molar-refractivity contribution in [3.05, 3.63) is 120 Å². The number of carbonyl (C=O) groups is 1. The molecule has 0 radical (unpaired) electrons. The molecule has 1 fully saturated rings. The van der Waals surface area contributed by atoms with E-state index in [4.69, 9.17) is 5.73 Å². The summed E-state index contributed by atoms with van der Waals surface area (Å²) in [6.07, 6.45) is 7.20. The van der Waals surface area contributed by atoms with E-state index in [2.05, 4.69) is 35.5 Å². The highest BCUT2D eigenvalue weighted by molar-refractivity contribution is 7.85. The van der Waals surface area contributed by atoms with Crippen LogP contribution < -0.4 is 10.3 Å². The average molecular weight is 546 g/mol. The van der Waals surface area contributed by atoms with E-state index >= 15 is 0 Å². The normalized spacial score (nSPS) is 17.3. The van der Waals surface area contributed by atoms with Crippen LogP contribution >= 0.6 is 0 Å². The van der Waals surface area contributed by atoms with Gasteiger partial charge in [0.2, 0.25) is 5.91 Å². The number of imidazole rings is 1. The summed E-state index contributed by atoms with van der Waals surface area (Å²) in [5, 5.41) is 0. The SMILES string of the molecule is Cc1ccc(S(=O)(=O)[O-])cc1.Cc1n([C@@H]2CC[C@H](C(C(N)=O)(c3ccccc3)c3ccccc3)C2)cc[n+]1C. The Morgan fingerprint density at radius 1 is 0.923 bits per heavy atom. The average Bonchev–Trinajstić information content (AvgIpc) is 3.52. The van der Waals surface area contributed by atoms with E-state index in [1.165, 1.54) is 18.0 Å². The first-order valence-electron chi connectivity index (χ1n) is 13.0. The minimum absolute atomic E-state index is 0.159.